The summed E-state index contributed by atoms with van der Waals surface area (Å²) >= 11 is 0. The van der Waals surface area contributed by atoms with Crippen LogP contribution in [-0.4, -0.2) is 16.9 Å². The molecule has 5 nitrogen and oxygen atoms in total. The SMILES string of the molecule is Cc1cnc(C(C)NC(=O)C(N)CCc2ccccc2)o1. The second-order valence-electron chi connectivity index (χ2n) is 5.17. The summed E-state index contributed by atoms with van der Waals surface area (Å²) < 4.78 is 5.39. The molecule has 112 valence electrons. The van der Waals surface area contributed by atoms with E-state index in [-0.39, 0.29) is 11.9 Å². The smallest absolute Gasteiger partial charge is 0.237 e. The Labute approximate surface area is 124 Å². The molecule has 2 rings (SSSR count). The molecule has 0 bridgehead atoms. The van der Waals surface area contributed by atoms with Crippen molar-refractivity contribution in [2.75, 3.05) is 0 Å². The fourth-order valence-corrected chi connectivity index (χ4v) is 2.05. The molecule has 1 aromatic heterocycles. The molecule has 0 aliphatic heterocycles. The molecule has 0 spiro atoms. The number of hydrogen-bond acceptors (Lipinski definition) is 4. The number of carbonyl (C=O) groups excluding carboxylic acids is 1. The van der Waals surface area contributed by atoms with Gasteiger partial charge in [-0.25, -0.2) is 4.98 Å². The zero-order valence-corrected chi connectivity index (χ0v) is 12.4. The summed E-state index contributed by atoms with van der Waals surface area (Å²) in [5, 5.41) is 2.83. The number of carbonyl (C=O) groups is 1. The predicted molar refractivity (Wildman–Crippen MR) is 80.5 cm³/mol. The topological polar surface area (TPSA) is 81.2 Å². The lowest BCUT2D eigenvalue weighted by atomic mass is 10.1. The molecule has 1 heterocycles. The minimum absolute atomic E-state index is 0.186. The van der Waals surface area contributed by atoms with Crippen LogP contribution < -0.4 is 11.1 Å². The van der Waals surface area contributed by atoms with Crippen molar-refractivity contribution in [2.24, 2.45) is 5.73 Å². The third-order valence-corrected chi connectivity index (χ3v) is 3.29. The van der Waals surface area contributed by atoms with Crippen LogP contribution in [0.1, 0.15) is 36.6 Å². The van der Waals surface area contributed by atoms with E-state index in [1.54, 1.807) is 6.20 Å². The van der Waals surface area contributed by atoms with Crippen molar-refractivity contribution in [1.29, 1.82) is 0 Å². The number of aryl methyl sites for hydroxylation is 2. The maximum atomic E-state index is 12.0. The minimum Gasteiger partial charge on any atom is -0.444 e. The molecule has 5 heteroatoms. The molecule has 2 atom stereocenters. The summed E-state index contributed by atoms with van der Waals surface area (Å²) in [6.45, 7) is 3.64. The van der Waals surface area contributed by atoms with E-state index in [1.165, 1.54) is 5.56 Å². The molecule has 2 unspecified atom stereocenters. The summed E-state index contributed by atoms with van der Waals surface area (Å²) in [5.41, 5.74) is 7.11. The first-order valence-corrected chi connectivity index (χ1v) is 7.08. The van der Waals surface area contributed by atoms with Crippen LogP contribution in [0.3, 0.4) is 0 Å². The van der Waals surface area contributed by atoms with E-state index in [0.29, 0.717) is 12.3 Å². The Balaban J connectivity index is 1.82. The second-order valence-corrected chi connectivity index (χ2v) is 5.17. The summed E-state index contributed by atoms with van der Waals surface area (Å²) in [5.74, 6) is 1.03. The molecule has 0 saturated carbocycles. The van der Waals surface area contributed by atoms with Crippen LogP contribution in [0.25, 0.3) is 0 Å². The largest absolute Gasteiger partial charge is 0.444 e. The van der Waals surface area contributed by atoms with Gasteiger partial charge in [0.1, 0.15) is 11.8 Å². The molecule has 0 aliphatic rings. The molecule has 21 heavy (non-hydrogen) atoms. The Morgan fingerprint density at radius 3 is 2.71 bits per heavy atom. The highest BCUT2D eigenvalue weighted by Gasteiger charge is 2.19. The summed E-state index contributed by atoms with van der Waals surface area (Å²) in [4.78, 5) is 16.1. The van der Waals surface area contributed by atoms with Gasteiger partial charge >= 0.3 is 0 Å². The van der Waals surface area contributed by atoms with E-state index in [0.717, 1.165) is 12.2 Å². The number of nitrogens with two attached hydrogens (primary N) is 1. The molecular formula is C16H21N3O2. The molecule has 0 saturated heterocycles. The van der Waals surface area contributed by atoms with Gasteiger partial charge < -0.3 is 15.5 Å². The fraction of sp³-hybridized carbons (Fsp3) is 0.375. The lowest BCUT2D eigenvalue weighted by Crippen LogP contribution is -2.41. The fourth-order valence-electron chi connectivity index (χ4n) is 2.05. The highest BCUT2D eigenvalue weighted by Crippen LogP contribution is 2.12. The third kappa shape index (κ3) is 4.43. The molecular weight excluding hydrogens is 266 g/mol. The monoisotopic (exact) mass is 287 g/mol. The van der Waals surface area contributed by atoms with Crippen LogP contribution in [0.5, 0.6) is 0 Å². The van der Waals surface area contributed by atoms with Gasteiger partial charge in [-0.2, -0.15) is 0 Å². The zero-order valence-electron chi connectivity index (χ0n) is 12.4. The quantitative estimate of drug-likeness (QED) is 0.852. The molecule has 1 aromatic carbocycles. The van der Waals surface area contributed by atoms with Gasteiger partial charge in [-0.1, -0.05) is 30.3 Å². The Kier molecular flexibility index (Phi) is 5.11. The average Bonchev–Trinajstić information content (AvgIpc) is 2.92. The van der Waals surface area contributed by atoms with Crippen LogP contribution in [0.4, 0.5) is 0 Å². The van der Waals surface area contributed by atoms with Gasteiger partial charge in [0.25, 0.3) is 0 Å². The highest BCUT2D eigenvalue weighted by molar-refractivity contribution is 5.81. The Morgan fingerprint density at radius 1 is 1.38 bits per heavy atom. The second kappa shape index (κ2) is 7.04. The van der Waals surface area contributed by atoms with Crippen LogP contribution in [0, 0.1) is 6.92 Å². The molecule has 0 radical (unpaired) electrons. The zero-order chi connectivity index (χ0) is 15.2. The lowest BCUT2D eigenvalue weighted by molar-refractivity contribution is -0.123. The van der Waals surface area contributed by atoms with E-state index < -0.39 is 6.04 Å². The number of nitrogens with zero attached hydrogens (tertiary/aromatic N) is 1. The Hall–Kier alpha value is -2.14. The van der Waals surface area contributed by atoms with Crippen molar-refractivity contribution in [1.82, 2.24) is 10.3 Å². The van der Waals surface area contributed by atoms with E-state index in [4.69, 9.17) is 10.2 Å². The molecule has 3 N–H and O–H groups in total. The van der Waals surface area contributed by atoms with E-state index in [2.05, 4.69) is 10.3 Å². The number of aromatic nitrogens is 1. The molecule has 1 amide bonds. The van der Waals surface area contributed by atoms with Gasteiger partial charge in [-0.05, 0) is 32.3 Å². The number of nitrogens with one attached hydrogen (secondary N) is 1. The van der Waals surface area contributed by atoms with Crippen molar-refractivity contribution >= 4 is 5.91 Å². The maximum absolute atomic E-state index is 12.0. The van der Waals surface area contributed by atoms with E-state index in [1.807, 2.05) is 44.2 Å². The van der Waals surface area contributed by atoms with Gasteiger partial charge in [-0.3, -0.25) is 4.79 Å². The van der Waals surface area contributed by atoms with Gasteiger partial charge in [0.15, 0.2) is 0 Å². The normalized spacial score (nSPS) is 13.7. The van der Waals surface area contributed by atoms with Crippen LogP contribution in [0.15, 0.2) is 40.9 Å². The first-order chi connectivity index (χ1) is 10.1. The van der Waals surface area contributed by atoms with Crippen molar-refractivity contribution in [3.8, 4) is 0 Å². The van der Waals surface area contributed by atoms with Crippen LogP contribution >= 0.6 is 0 Å². The van der Waals surface area contributed by atoms with Gasteiger partial charge in [0, 0.05) is 0 Å². The predicted octanol–water partition coefficient (Wildman–Crippen LogP) is 2.12. The molecule has 0 aliphatic carbocycles. The first kappa shape index (κ1) is 15.3. The summed E-state index contributed by atoms with van der Waals surface area (Å²) in [7, 11) is 0. The van der Waals surface area contributed by atoms with Crippen LogP contribution in [0.2, 0.25) is 0 Å². The van der Waals surface area contributed by atoms with Crippen molar-refractivity contribution in [3.05, 3.63) is 53.7 Å². The number of oxazole rings is 1. The Bertz CT molecular complexity index is 580. The highest BCUT2D eigenvalue weighted by atomic mass is 16.4. The summed E-state index contributed by atoms with van der Waals surface area (Å²) in [6.07, 6.45) is 3.02. The third-order valence-electron chi connectivity index (χ3n) is 3.29. The lowest BCUT2D eigenvalue weighted by Gasteiger charge is -2.15. The number of amides is 1. The molecule has 2 aromatic rings. The van der Waals surface area contributed by atoms with Crippen molar-refractivity contribution in [3.63, 3.8) is 0 Å². The standard InChI is InChI=1S/C16H21N3O2/c1-11-10-18-16(21-11)12(2)19-15(20)14(17)9-8-13-6-4-3-5-7-13/h3-7,10,12,14H,8-9,17H2,1-2H3,(H,19,20). The number of hydrogen-bond donors (Lipinski definition) is 2. The van der Waals surface area contributed by atoms with Crippen molar-refractivity contribution < 1.29 is 9.21 Å². The van der Waals surface area contributed by atoms with Gasteiger partial charge in [0.2, 0.25) is 11.8 Å². The number of rotatable bonds is 6. The Morgan fingerprint density at radius 2 is 2.10 bits per heavy atom. The van der Waals surface area contributed by atoms with E-state index in [9.17, 15) is 4.79 Å². The maximum Gasteiger partial charge on any atom is 0.237 e. The number of benzene rings is 1. The first-order valence-electron chi connectivity index (χ1n) is 7.08. The molecule has 0 fully saturated rings. The van der Waals surface area contributed by atoms with Gasteiger partial charge in [-0.15, -0.1) is 0 Å². The minimum atomic E-state index is -0.538. The van der Waals surface area contributed by atoms with Crippen LogP contribution in [-0.2, 0) is 11.2 Å². The van der Waals surface area contributed by atoms with E-state index >= 15 is 0 Å². The van der Waals surface area contributed by atoms with Crippen molar-refractivity contribution in [2.45, 2.75) is 38.8 Å². The van der Waals surface area contributed by atoms with Gasteiger partial charge in [0.05, 0.1) is 12.2 Å². The average molecular weight is 287 g/mol. The summed E-state index contributed by atoms with van der Waals surface area (Å²) in [6, 6.07) is 9.17.